The van der Waals surface area contributed by atoms with Gasteiger partial charge in [-0.2, -0.15) is 0 Å². The smallest absolute Gasteiger partial charge is 0.321 e. The lowest BCUT2D eigenvalue weighted by Gasteiger charge is -2.28. The van der Waals surface area contributed by atoms with Crippen molar-refractivity contribution in [2.24, 2.45) is 5.92 Å². The molecule has 2 amide bonds. The van der Waals surface area contributed by atoms with Gasteiger partial charge in [0.05, 0.1) is 18.2 Å². The van der Waals surface area contributed by atoms with E-state index in [-0.39, 0.29) is 24.2 Å². The van der Waals surface area contributed by atoms with Crippen molar-refractivity contribution in [2.45, 2.75) is 38.6 Å². The summed E-state index contributed by atoms with van der Waals surface area (Å²) in [5, 5.41) is 0. The first-order valence-electron chi connectivity index (χ1n) is 7.94. The SMILES string of the molecule is CO[C@H]1C=CC2C1N(CC(C)C)C(=O)N2Cc1ccccc1. The third kappa shape index (κ3) is 2.63. The number of nitrogens with zero attached hydrogens (tertiary/aromatic N) is 2. The van der Waals surface area contributed by atoms with Gasteiger partial charge in [0.2, 0.25) is 0 Å². The molecule has 4 heteroatoms. The third-order valence-electron chi connectivity index (χ3n) is 4.43. The molecule has 22 heavy (non-hydrogen) atoms. The average Bonchev–Trinajstić information content (AvgIpc) is 3.03. The lowest BCUT2D eigenvalue weighted by atomic mass is 10.1. The Hall–Kier alpha value is -1.81. The molecule has 1 saturated heterocycles. The molecular weight excluding hydrogens is 276 g/mol. The van der Waals surface area contributed by atoms with E-state index in [1.54, 1.807) is 7.11 Å². The summed E-state index contributed by atoms with van der Waals surface area (Å²) < 4.78 is 5.58. The van der Waals surface area contributed by atoms with Gasteiger partial charge in [-0.15, -0.1) is 0 Å². The van der Waals surface area contributed by atoms with Crippen LogP contribution in [0.5, 0.6) is 0 Å². The van der Waals surface area contributed by atoms with E-state index in [0.717, 1.165) is 12.1 Å². The first kappa shape index (κ1) is 15.1. The lowest BCUT2D eigenvalue weighted by molar-refractivity contribution is 0.0725. The maximum Gasteiger partial charge on any atom is 0.321 e. The van der Waals surface area contributed by atoms with Gasteiger partial charge >= 0.3 is 6.03 Å². The average molecular weight is 300 g/mol. The number of amides is 2. The van der Waals surface area contributed by atoms with E-state index < -0.39 is 0 Å². The number of hydrogen-bond acceptors (Lipinski definition) is 2. The van der Waals surface area contributed by atoms with Crippen LogP contribution in [-0.4, -0.2) is 47.7 Å². The Bertz CT molecular complexity index is 555. The number of carbonyl (C=O) groups excluding carboxylic acids is 1. The molecule has 1 fully saturated rings. The molecule has 1 aromatic carbocycles. The minimum Gasteiger partial charge on any atom is -0.375 e. The normalized spacial score (nSPS) is 27.1. The van der Waals surface area contributed by atoms with Crippen molar-refractivity contribution in [1.82, 2.24) is 9.80 Å². The van der Waals surface area contributed by atoms with E-state index in [0.29, 0.717) is 12.5 Å². The Balaban J connectivity index is 1.85. The first-order valence-corrected chi connectivity index (χ1v) is 7.94. The highest BCUT2D eigenvalue weighted by Crippen LogP contribution is 2.34. The monoisotopic (exact) mass is 300 g/mol. The molecular formula is C18H24N2O2. The molecule has 1 aromatic rings. The second kappa shape index (κ2) is 6.13. The van der Waals surface area contributed by atoms with Crippen LogP contribution in [0.25, 0.3) is 0 Å². The van der Waals surface area contributed by atoms with Crippen molar-refractivity contribution in [3.05, 3.63) is 48.0 Å². The highest BCUT2D eigenvalue weighted by Gasteiger charge is 2.50. The first-order chi connectivity index (χ1) is 10.6. The van der Waals surface area contributed by atoms with Crippen molar-refractivity contribution in [3.63, 3.8) is 0 Å². The minimum atomic E-state index is -0.00604. The van der Waals surface area contributed by atoms with E-state index in [9.17, 15) is 4.79 Å². The van der Waals surface area contributed by atoms with Crippen molar-refractivity contribution in [1.29, 1.82) is 0 Å². The van der Waals surface area contributed by atoms with E-state index in [4.69, 9.17) is 4.74 Å². The van der Waals surface area contributed by atoms with E-state index in [1.165, 1.54) is 0 Å². The molecule has 1 aliphatic carbocycles. The van der Waals surface area contributed by atoms with Crippen LogP contribution < -0.4 is 0 Å². The summed E-state index contributed by atoms with van der Waals surface area (Å²) in [5.41, 5.74) is 1.16. The quantitative estimate of drug-likeness (QED) is 0.783. The second-order valence-corrected chi connectivity index (χ2v) is 6.51. The van der Waals surface area contributed by atoms with Gasteiger partial charge in [0.25, 0.3) is 0 Å². The van der Waals surface area contributed by atoms with Crippen LogP contribution in [0.15, 0.2) is 42.5 Å². The summed E-state index contributed by atoms with van der Waals surface area (Å²) in [5.74, 6) is 0.444. The van der Waals surface area contributed by atoms with Gasteiger partial charge in [0, 0.05) is 20.2 Å². The van der Waals surface area contributed by atoms with Crippen molar-refractivity contribution in [2.75, 3.05) is 13.7 Å². The largest absolute Gasteiger partial charge is 0.375 e. The van der Waals surface area contributed by atoms with E-state index in [1.807, 2.05) is 28.0 Å². The maximum atomic E-state index is 12.9. The van der Waals surface area contributed by atoms with Gasteiger partial charge in [0.15, 0.2) is 0 Å². The molecule has 4 nitrogen and oxygen atoms in total. The second-order valence-electron chi connectivity index (χ2n) is 6.51. The molecule has 1 aliphatic heterocycles. The zero-order valence-electron chi connectivity index (χ0n) is 13.5. The molecule has 2 aliphatic rings. The van der Waals surface area contributed by atoms with Gasteiger partial charge in [-0.25, -0.2) is 4.79 Å². The fourth-order valence-corrected chi connectivity index (χ4v) is 3.48. The molecule has 3 rings (SSSR count). The van der Waals surface area contributed by atoms with Crippen LogP contribution in [0.1, 0.15) is 19.4 Å². The highest BCUT2D eigenvalue weighted by atomic mass is 16.5. The topological polar surface area (TPSA) is 32.8 Å². The number of methoxy groups -OCH3 is 1. The van der Waals surface area contributed by atoms with Crippen LogP contribution in [0.2, 0.25) is 0 Å². The van der Waals surface area contributed by atoms with Gasteiger partial charge in [-0.3, -0.25) is 0 Å². The fourth-order valence-electron chi connectivity index (χ4n) is 3.48. The number of ether oxygens (including phenoxy) is 1. The standard InChI is InChI=1S/C18H24N2O2/c1-13(2)11-20-17-15(9-10-16(17)22-3)19(18(20)21)12-14-7-5-4-6-8-14/h4-10,13,15-17H,11-12H2,1-3H3/t15?,16-,17?/m0/s1. The number of hydrogen-bond donors (Lipinski definition) is 0. The summed E-state index contributed by atoms with van der Waals surface area (Å²) in [4.78, 5) is 16.8. The fraction of sp³-hybridized carbons (Fsp3) is 0.500. The molecule has 0 N–H and O–H groups in total. The zero-order valence-corrected chi connectivity index (χ0v) is 13.5. The Morgan fingerprint density at radius 2 is 1.86 bits per heavy atom. The van der Waals surface area contributed by atoms with Crippen LogP contribution in [0, 0.1) is 5.92 Å². The number of rotatable bonds is 5. The summed E-state index contributed by atoms with van der Waals surface area (Å²) in [7, 11) is 1.72. The molecule has 0 radical (unpaired) electrons. The zero-order chi connectivity index (χ0) is 15.7. The molecule has 0 aromatic heterocycles. The van der Waals surface area contributed by atoms with Crippen molar-refractivity contribution >= 4 is 6.03 Å². The van der Waals surface area contributed by atoms with E-state index >= 15 is 0 Å². The summed E-state index contributed by atoms with van der Waals surface area (Å²) >= 11 is 0. The molecule has 3 atom stereocenters. The summed E-state index contributed by atoms with van der Waals surface area (Å²) in [6, 6.07) is 10.5. The predicted molar refractivity (Wildman–Crippen MR) is 86.4 cm³/mol. The predicted octanol–water partition coefficient (Wildman–Crippen LogP) is 2.90. The van der Waals surface area contributed by atoms with Crippen LogP contribution in [-0.2, 0) is 11.3 Å². The minimum absolute atomic E-state index is 0.00604. The molecule has 2 unspecified atom stereocenters. The summed E-state index contributed by atoms with van der Waals surface area (Å²) in [6.45, 7) is 5.71. The number of carbonyl (C=O) groups is 1. The molecule has 1 heterocycles. The van der Waals surface area contributed by atoms with Gasteiger partial charge in [-0.1, -0.05) is 56.3 Å². The molecule has 118 valence electrons. The Morgan fingerprint density at radius 3 is 2.50 bits per heavy atom. The van der Waals surface area contributed by atoms with Crippen LogP contribution in [0.4, 0.5) is 4.79 Å². The van der Waals surface area contributed by atoms with Crippen molar-refractivity contribution < 1.29 is 9.53 Å². The van der Waals surface area contributed by atoms with Crippen molar-refractivity contribution in [3.8, 4) is 0 Å². The Labute approximate surface area is 132 Å². The summed E-state index contributed by atoms with van der Waals surface area (Å²) in [6.07, 6.45) is 4.21. The van der Waals surface area contributed by atoms with Gasteiger partial charge < -0.3 is 14.5 Å². The van der Waals surface area contributed by atoms with Crippen LogP contribution in [0.3, 0.4) is 0 Å². The number of benzene rings is 1. The lowest BCUT2D eigenvalue weighted by Crippen LogP contribution is -2.44. The maximum absolute atomic E-state index is 12.9. The van der Waals surface area contributed by atoms with Gasteiger partial charge in [-0.05, 0) is 11.5 Å². The Kier molecular flexibility index (Phi) is 4.21. The van der Waals surface area contributed by atoms with Gasteiger partial charge in [0.1, 0.15) is 0 Å². The molecule has 0 saturated carbocycles. The van der Waals surface area contributed by atoms with E-state index in [2.05, 4.69) is 38.1 Å². The molecule has 0 bridgehead atoms. The number of fused-ring (bicyclic) bond motifs is 1. The third-order valence-corrected chi connectivity index (χ3v) is 4.43. The Morgan fingerprint density at radius 1 is 1.14 bits per heavy atom. The number of urea groups is 1. The highest BCUT2D eigenvalue weighted by molar-refractivity contribution is 5.79. The van der Waals surface area contributed by atoms with Crippen LogP contribution >= 0.6 is 0 Å². The molecule has 0 spiro atoms.